The van der Waals surface area contributed by atoms with Crippen LogP contribution in [0.25, 0.3) is 10.9 Å². The van der Waals surface area contributed by atoms with Crippen molar-refractivity contribution < 1.29 is 0 Å². The summed E-state index contributed by atoms with van der Waals surface area (Å²) in [7, 11) is 0. The summed E-state index contributed by atoms with van der Waals surface area (Å²) in [4.78, 5) is 13.6. The third-order valence-electron chi connectivity index (χ3n) is 2.49. The van der Waals surface area contributed by atoms with Crippen LogP contribution in [0, 0.1) is 0 Å². The zero-order valence-corrected chi connectivity index (χ0v) is 10.3. The van der Waals surface area contributed by atoms with E-state index in [1.54, 1.807) is 30.5 Å². The van der Waals surface area contributed by atoms with Crippen LogP contribution >= 0.6 is 11.8 Å². The maximum atomic E-state index is 5.75. The van der Waals surface area contributed by atoms with Gasteiger partial charge in [0.15, 0.2) is 0 Å². The topological polar surface area (TPSA) is 64.7 Å². The number of hydrogen-bond acceptors (Lipinski definition) is 5. The second kappa shape index (κ2) is 4.62. The summed E-state index contributed by atoms with van der Waals surface area (Å²) in [6.45, 7) is 0. The Morgan fingerprint density at radius 3 is 2.67 bits per heavy atom. The van der Waals surface area contributed by atoms with Crippen LogP contribution in [-0.2, 0) is 0 Å². The number of pyridine rings is 1. The lowest BCUT2D eigenvalue weighted by atomic mass is 10.2. The standard InChI is InChI=1S/C13H10N4S/c14-9-1-2-11-12(7-9)16-8-17-13(11)18-10-3-5-15-6-4-10/h1-8H,14H2. The predicted octanol–water partition coefficient (Wildman–Crippen LogP) is 2.76. The molecule has 0 aliphatic rings. The Morgan fingerprint density at radius 1 is 1.00 bits per heavy atom. The molecule has 0 spiro atoms. The minimum atomic E-state index is 0.709. The Bertz CT molecular complexity index is 685. The molecule has 0 fully saturated rings. The van der Waals surface area contributed by atoms with Crippen molar-refractivity contribution in [2.75, 3.05) is 5.73 Å². The van der Waals surface area contributed by atoms with Crippen molar-refractivity contribution in [3.63, 3.8) is 0 Å². The molecule has 0 aliphatic heterocycles. The number of anilines is 1. The number of benzene rings is 1. The fourth-order valence-corrected chi connectivity index (χ4v) is 2.51. The monoisotopic (exact) mass is 254 g/mol. The van der Waals surface area contributed by atoms with Crippen molar-refractivity contribution >= 4 is 28.4 Å². The first kappa shape index (κ1) is 11.0. The zero-order chi connectivity index (χ0) is 12.4. The SMILES string of the molecule is Nc1ccc2c(Sc3ccncc3)ncnc2c1. The molecule has 0 atom stereocenters. The number of fused-ring (bicyclic) bond motifs is 1. The van der Waals surface area contributed by atoms with Crippen molar-refractivity contribution in [1.29, 1.82) is 0 Å². The zero-order valence-electron chi connectivity index (χ0n) is 9.45. The average Bonchev–Trinajstić information content (AvgIpc) is 2.40. The van der Waals surface area contributed by atoms with E-state index in [0.717, 1.165) is 20.8 Å². The van der Waals surface area contributed by atoms with E-state index >= 15 is 0 Å². The maximum Gasteiger partial charge on any atom is 0.117 e. The Balaban J connectivity index is 2.07. The van der Waals surface area contributed by atoms with E-state index in [4.69, 9.17) is 5.73 Å². The van der Waals surface area contributed by atoms with Gasteiger partial charge in [0.2, 0.25) is 0 Å². The maximum absolute atomic E-state index is 5.75. The summed E-state index contributed by atoms with van der Waals surface area (Å²) >= 11 is 1.59. The molecule has 0 aliphatic carbocycles. The van der Waals surface area contributed by atoms with Crippen LogP contribution in [0.4, 0.5) is 5.69 Å². The summed E-state index contributed by atoms with van der Waals surface area (Å²) in [5, 5.41) is 1.93. The van der Waals surface area contributed by atoms with E-state index in [9.17, 15) is 0 Å². The first-order valence-electron chi connectivity index (χ1n) is 5.41. The average molecular weight is 254 g/mol. The van der Waals surface area contributed by atoms with Crippen LogP contribution in [0.2, 0.25) is 0 Å². The molecule has 3 aromatic rings. The Hall–Kier alpha value is -2.14. The predicted molar refractivity (Wildman–Crippen MR) is 72.3 cm³/mol. The van der Waals surface area contributed by atoms with Crippen molar-refractivity contribution in [3.8, 4) is 0 Å². The molecular formula is C13H10N4S. The first-order chi connectivity index (χ1) is 8.83. The van der Waals surface area contributed by atoms with E-state index in [0.29, 0.717) is 5.69 Å². The van der Waals surface area contributed by atoms with Crippen molar-refractivity contribution in [1.82, 2.24) is 15.0 Å². The number of rotatable bonds is 2. The normalized spacial score (nSPS) is 10.7. The molecule has 18 heavy (non-hydrogen) atoms. The fourth-order valence-electron chi connectivity index (χ4n) is 1.65. The molecule has 1 aromatic carbocycles. The Kier molecular flexibility index (Phi) is 2.82. The van der Waals surface area contributed by atoms with Crippen LogP contribution in [0.5, 0.6) is 0 Å². The molecule has 0 saturated heterocycles. The van der Waals surface area contributed by atoms with Gasteiger partial charge in [0, 0.05) is 28.4 Å². The second-order valence-corrected chi connectivity index (χ2v) is 4.80. The van der Waals surface area contributed by atoms with Crippen molar-refractivity contribution in [3.05, 3.63) is 49.1 Å². The van der Waals surface area contributed by atoms with Gasteiger partial charge < -0.3 is 5.73 Å². The van der Waals surface area contributed by atoms with E-state index in [-0.39, 0.29) is 0 Å². The van der Waals surface area contributed by atoms with Gasteiger partial charge in [-0.25, -0.2) is 9.97 Å². The number of aromatic nitrogens is 3. The molecule has 0 radical (unpaired) electrons. The number of hydrogen-bond donors (Lipinski definition) is 1. The molecule has 2 N–H and O–H groups in total. The number of nitrogen functional groups attached to an aromatic ring is 1. The summed E-state index contributed by atoms with van der Waals surface area (Å²) in [5.74, 6) is 0. The highest BCUT2D eigenvalue weighted by atomic mass is 32.2. The number of nitrogens with zero attached hydrogens (tertiary/aromatic N) is 3. The fraction of sp³-hybridized carbons (Fsp3) is 0. The smallest absolute Gasteiger partial charge is 0.117 e. The van der Waals surface area contributed by atoms with Gasteiger partial charge in [0.25, 0.3) is 0 Å². The largest absolute Gasteiger partial charge is 0.399 e. The van der Waals surface area contributed by atoms with Gasteiger partial charge in [-0.15, -0.1) is 0 Å². The first-order valence-corrected chi connectivity index (χ1v) is 6.23. The highest BCUT2D eigenvalue weighted by molar-refractivity contribution is 7.99. The molecule has 5 heteroatoms. The van der Waals surface area contributed by atoms with Crippen molar-refractivity contribution in [2.24, 2.45) is 0 Å². The van der Waals surface area contributed by atoms with Crippen molar-refractivity contribution in [2.45, 2.75) is 9.92 Å². The quantitative estimate of drug-likeness (QED) is 0.562. The molecule has 0 bridgehead atoms. The Labute approximate surface area is 108 Å². The van der Waals surface area contributed by atoms with Crippen LogP contribution in [0.1, 0.15) is 0 Å². The molecule has 2 heterocycles. The molecule has 0 unspecified atom stereocenters. The third-order valence-corrected chi connectivity index (χ3v) is 3.51. The van der Waals surface area contributed by atoms with Gasteiger partial charge >= 0.3 is 0 Å². The van der Waals surface area contributed by atoms with Gasteiger partial charge in [-0.1, -0.05) is 11.8 Å². The van der Waals surface area contributed by atoms with Crippen LogP contribution in [-0.4, -0.2) is 15.0 Å². The summed E-state index contributed by atoms with van der Waals surface area (Å²) in [5.41, 5.74) is 7.32. The molecule has 2 aromatic heterocycles. The lowest BCUT2D eigenvalue weighted by molar-refractivity contribution is 1.10. The second-order valence-electron chi connectivity index (χ2n) is 3.74. The highest BCUT2D eigenvalue weighted by Crippen LogP contribution is 2.30. The molecule has 0 amide bonds. The lowest BCUT2D eigenvalue weighted by Crippen LogP contribution is -1.89. The molecule has 3 rings (SSSR count). The van der Waals surface area contributed by atoms with Gasteiger partial charge in [0.1, 0.15) is 11.4 Å². The minimum absolute atomic E-state index is 0.709. The van der Waals surface area contributed by atoms with E-state index in [1.165, 1.54) is 0 Å². The summed E-state index contributed by atoms with van der Waals surface area (Å²) < 4.78 is 0. The van der Waals surface area contributed by atoms with Gasteiger partial charge in [-0.3, -0.25) is 4.98 Å². The van der Waals surface area contributed by atoms with Gasteiger partial charge in [-0.2, -0.15) is 0 Å². The highest BCUT2D eigenvalue weighted by Gasteiger charge is 2.05. The molecule has 88 valence electrons. The molecule has 0 saturated carbocycles. The van der Waals surface area contributed by atoms with Crippen LogP contribution < -0.4 is 5.73 Å². The van der Waals surface area contributed by atoms with E-state index in [1.807, 2.05) is 30.3 Å². The van der Waals surface area contributed by atoms with Crippen LogP contribution in [0.3, 0.4) is 0 Å². The molecule has 4 nitrogen and oxygen atoms in total. The minimum Gasteiger partial charge on any atom is -0.399 e. The van der Waals surface area contributed by atoms with E-state index in [2.05, 4.69) is 15.0 Å². The van der Waals surface area contributed by atoms with Crippen LogP contribution in [0.15, 0.2) is 59.0 Å². The van der Waals surface area contributed by atoms with Gasteiger partial charge in [0.05, 0.1) is 5.52 Å². The third kappa shape index (κ3) is 2.12. The number of nitrogens with two attached hydrogens (primary N) is 1. The lowest BCUT2D eigenvalue weighted by Gasteiger charge is -2.04. The van der Waals surface area contributed by atoms with Gasteiger partial charge in [-0.05, 0) is 30.3 Å². The summed E-state index contributed by atoms with van der Waals surface area (Å²) in [6, 6.07) is 9.58. The molecular weight excluding hydrogens is 244 g/mol. The summed E-state index contributed by atoms with van der Waals surface area (Å²) in [6.07, 6.45) is 5.10. The van der Waals surface area contributed by atoms with E-state index < -0.39 is 0 Å². The Morgan fingerprint density at radius 2 is 1.83 bits per heavy atom.